The number of phosphoric acid groups is 2. The van der Waals surface area contributed by atoms with Crippen molar-refractivity contribution in [2.75, 3.05) is 39.6 Å². The van der Waals surface area contributed by atoms with Crippen molar-refractivity contribution in [1.82, 2.24) is 0 Å². The summed E-state index contributed by atoms with van der Waals surface area (Å²) >= 11 is 0. The van der Waals surface area contributed by atoms with E-state index in [0.717, 1.165) is 83.5 Å². The summed E-state index contributed by atoms with van der Waals surface area (Å²) < 4.78 is 66.1. The number of carbonyl (C=O) groups excluding carboxylic acids is 4. The van der Waals surface area contributed by atoms with Crippen molar-refractivity contribution in [3.05, 3.63) is 13.8 Å². The minimum Gasteiger partial charge on any atom is -0.462 e. The summed E-state index contributed by atoms with van der Waals surface area (Å²) in [6.07, 6.45) is 21.0. The Hall–Kier alpha value is -1.94. The normalized spacial score (nSPS) is 14.8. The predicted molar refractivity (Wildman–Crippen MR) is 247 cm³/mol. The first-order valence-corrected chi connectivity index (χ1v) is 27.4. The summed E-state index contributed by atoms with van der Waals surface area (Å²) in [6.45, 7) is 7.50. The van der Waals surface area contributed by atoms with Crippen LogP contribution in [-0.4, -0.2) is 96.7 Å². The highest BCUT2D eigenvalue weighted by Gasteiger charge is 2.30. The van der Waals surface area contributed by atoms with E-state index in [9.17, 15) is 43.2 Å². The molecule has 0 aliphatic heterocycles. The molecule has 0 aromatic rings. The Morgan fingerprint density at radius 1 is 0.415 bits per heavy atom. The molecule has 384 valence electrons. The third kappa shape index (κ3) is 41.9. The molecule has 0 spiro atoms. The molecular formula is C46H86O17P2-2. The summed E-state index contributed by atoms with van der Waals surface area (Å²) in [5, 5.41) is 10.3. The zero-order valence-corrected chi connectivity index (χ0v) is 41.6. The van der Waals surface area contributed by atoms with E-state index < -0.39 is 97.5 Å². The van der Waals surface area contributed by atoms with E-state index in [2.05, 4.69) is 13.8 Å². The van der Waals surface area contributed by atoms with Crippen LogP contribution in [0.2, 0.25) is 0 Å². The van der Waals surface area contributed by atoms with Gasteiger partial charge in [-0.25, -0.2) is 9.13 Å². The molecule has 0 saturated carbocycles. The van der Waals surface area contributed by atoms with Crippen molar-refractivity contribution in [1.29, 1.82) is 0 Å². The smallest absolute Gasteiger partial charge is 0.462 e. The van der Waals surface area contributed by atoms with Gasteiger partial charge in [-0.1, -0.05) is 136 Å². The first kappa shape index (κ1) is 63.1. The summed E-state index contributed by atoms with van der Waals surface area (Å²) in [5.74, 6) is -2.25. The molecule has 0 rings (SSSR count). The van der Waals surface area contributed by atoms with Crippen molar-refractivity contribution in [2.45, 2.75) is 218 Å². The highest BCUT2D eigenvalue weighted by atomic mass is 31.2. The average Bonchev–Trinajstić information content (AvgIpc) is 3.27. The number of unbranched alkanes of at least 4 members (excludes halogenated alkanes) is 21. The standard InChI is InChI=1S/C46H86O17P2/c1-5-9-13-15-17-19-21-23-24-26-28-32-44(49)57-37-42(63-46(51)33-29-27-25-22-20-18-16-14-10-6-2)39-61-65(54,55)59-35-40(47)34-58-64(52,53)60-38-41(62-45(50)31-12-8-4)36-56-43(48)30-11-7-3/h40-42,47H,1-2,5-39H2,3-4H3,(H,52,53)(H,54,55)/q-2/t40-,41+,42+/m0/s1. The van der Waals surface area contributed by atoms with E-state index in [4.69, 9.17) is 37.0 Å². The topological polar surface area (TPSA) is 237 Å². The second-order valence-electron chi connectivity index (χ2n) is 16.5. The molecule has 0 aromatic heterocycles. The molecule has 0 amide bonds. The maximum atomic E-state index is 12.7. The Morgan fingerprint density at radius 3 is 1.03 bits per heavy atom. The molecular weight excluding hydrogens is 886 g/mol. The van der Waals surface area contributed by atoms with Crippen LogP contribution in [0, 0.1) is 13.8 Å². The highest BCUT2D eigenvalue weighted by molar-refractivity contribution is 7.47. The molecule has 0 aliphatic rings. The highest BCUT2D eigenvalue weighted by Crippen LogP contribution is 2.45. The number of phosphoric ester groups is 2. The van der Waals surface area contributed by atoms with Crippen LogP contribution in [0.25, 0.3) is 0 Å². The van der Waals surface area contributed by atoms with Crippen LogP contribution in [0.4, 0.5) is 0 Å². The number of ether oxygens (including phenoxy) is 4. The predicted octanol–water partition coefficient (Wildman–Crippen LogP) is 10.5. The summed E-state index contributed by atoms with van der Waals surface area (Å²) in [4.78, 5) is 70.0. The zero-order chi connectivity index (χ0) is 48.4. The van der Waals surface area contributed by atoms with Gasteiger partial charge in [0.15, 0.2) is 12.2 Å². The fourth-order valence-corrected chi connectivity index (χ4v) is 7.84. The lowest BCUT2D eigenvalue weighted by atomic mass is 10.1. The summed E-state index contributed by atoms with van der Waals surface area (Å²) in [5.41, 5.74) is 0. The molecule has 3 N–H and O–H groups in total. The molecule has 2 unspecified atom stereocenters. The minimum absolute atomic E-state index is 0.0742. The number of aliphatic hydroxyl groups excluding tert-OH is 1. The van der Waals surface area contributed by atoms with E-state index in [-0.39, 0.29) is 25.7 Å². The van der Waals surface area contributed by atoms with Gasteiger partial charge < -0.3 is 47.7 Å². The van der Waals surface area contributed by atoms with Gasteiger partial charge in [-0.05, 0) is 25.7 Å². The van der Waals surface area contributed by atoms with Crippen LogP contribution >= 0.6 is 15.6 Å². The molecule has 65 heavy (non-hydrogen) atoms. The molecule has 17 nitrogen and oxygen atoms in total. The van der Waals surface area contributed by atoms with Crippen LogP contribution in [-0.2, 0) is 65.4 Å². The van der Waals surface area contributed by atoms with Crippen LogP contribution < -0.4 is 0 Å². The SMILES string of the molecule is [CH2-]CCCCCCCCCCCCC(=O)OC[C@H](COP(=O)(O)OC[C@@H](O)COP(=O)(O)OC[C@@H](COC(=O)CCCC)OC(=O)CCCC)OC(=O)CCCCCCCCCCC[CH2-]. The van der Waals surface area contributed by atoms with Gasteiger partial charge >= 0.3 is 39.5 Å². The lowest BCUT2D eigenvalue weighted by Crippen LogP contribution is -2.30. The number of esters is 4. The average molecular weight is 973 g/mol. The Morgan fingerprint density at radius 2 is 0.692 bits per heavy atom. The third-order valence-corrected chi connectivity index (χ3v) is 12.0. The fraction of sp³-hybridized carbons (Fsp3) is 0.870. The van der Waals surface area contributed by atoms with Gasteiger partial charge in [0.1, 0.15) is 19.3 Å². The number of aliphatic hydroxyl groups is 1. The van der Waals surface area contributed by atoms with E-state index in [0.29, 0.717) is 25.7 Å². The van der Waals surface area contributed by atoms with Gasteiger partial charge in [0.2, 0.25) is 0 Å². The molecule has 0 aromatic carbocycles. The third-order valence-electron chi connectivity index (χ3n) is 10.1. The molecule has 0 fully saturated rings. The van der Waals surface area contributed by atoms with Gasteiger partial charge in [-0.15, -0.1) is 0 Å². The van der Waals surface area contributed by atoms with Crippen LogP contribution in [0.1, 0.15) is 200 Å². The van der Waals surface area contributed by atoms with Gasteiger partial charge in [0.05, 0.1) is 26.4 Å². The molecule has 0 radical (unpaired) electrons. The maximum Gasteiger partial charge on any atom is 0.472 e. The van der Waals surface area contributed by atoms with E-state index in [1.165, 1.54) is 51.4 Å². The molecule has 5 atom stereocenters. The van der Waals surface area contributed by atoms with E-state index in [1.54, 1.807) is 0 Å². The van der Waals surface area contributed by atoms with Crippen molar-refractivity contribution < 1.29 is 80.2 Å². The van der Waals surface area contributed by atoms with Crippen molar-refractivity contribution in [3.8, 4) is 0 Å². The zero-order valence-electron chi connectivity index (χ0n) is 39.8. The molecule has 0 bridgehead atoms. The number of hydrogen-bond donors (Lipinski definition) is 3. The number of rotatable bonds is 47. The molecule has 19 heteroatoms. The van der Waals surface area contributed by atoms with E-state index >= 15 is 0 Å². The van der Waals surface area contributed by atoms with Gasteiger partial charge in [0, 0.05) is 25.7 Å². The Balaban J connectivity index is 5.04. The van der Waals surface area contributed by atoms with Crippen LogP contribution in [0.15, 0.2) is 0 Å². The maximum absolute atomic E-state index is 12.7. The van der Waals surface area contributed by atoms with Gasteiger partial charge in [0.25, 0.3) is 0 Å². The Kier molecular flexibility index (Phi) is 40.9. The monoisotopic (exact) mass is 973 g/mol. The fourth-order valence-electron chi connectivity index (χ4n) is 6.26. The van der Waals surface area contributed by atoms with Crippen molar-refractivity contribution >= 4 is 39.5 Å². The molecule has 0 saturated heterocycles. The van der Waals surface area contributed by atoms with E-state index in [1.807, 2.05) is 13.8 Å². The molecule has 0 heterocycles. The van der Waals surface area contributed by atoms with Gasteiger partial charge in [-0.3, -0.25) is 37.3 Å². The number of carbonyl (C=O) groups is 4. The first-order valence-electron chi connectivity index (χ1n) is 24.4. The second kappa shape index (κ2) is 42.2. The largest absolute Gasteiger partial charge is 0.472 e. The Bertz CT molecular complexity index is 1300. The molecule has 0 aliphatic carbocycles. The van der Waals surface area contributed by atoms with Crippen LogP contribution in [0.3, 0.4) is 0 Å². The van der Waals surface area contributed by atoms with Gasteiger partial charge in [-0.2, -0.15) is 12.8 Å². The van der Waals surface area contributed by atoms with Crippen LogP contribution in [0.5, 0.6) is 0 Å². The summed E-state index contributed by atoms with van der Waals surface area (Å²) in [7, 11) is -9.81. The minimum atomic E-state index is -4.92. The quantitative estimate of drug-likeness (QED) is 0.0169. The van der Waals surface area contributed by atoms with Crippen molar-refractivity contribution in [2.24, 2.45) is 0 Å². The lowest BCUT2D eigenvalue weighted by molar-refractivity contribution is -0.161. The second-order valence-corrected chi connectivity index (χ2v) is 19.4. The Labute approximate surface area is 390 Å². The summed E-state index contributed by atoms with van der Waals surface area (Å²) in [6, 6.07) is 0. The van der Waals surface area contributed by atoms with Crippen molar-refractivity contribution in [3.63, 3.8) is 0 Å². The lowest BCUT2D eigenvalue weighted by Gasteiger charge is -2.21. The number of hydrogen-bond acceptors (Lipinski definition) is 15. The first-order chi connectivity index (χ1) is 31.2.